The normalized spacial score (nSPS) is 11.1. The number of aromatic nitrogens is 4. The molecule has 0 bridgehead atoms. The fourth-order valence-corrected chi connectivity index (χ4v) is 1.39. The second kappa shape index (κ2) is 2.26. The average molecular weight is 170 g/mol. The van der Waals surface area contributed by atoms with Gasteiger partial charge in [-0.05, 0) is 18.2 Å². The van der Waals surface area contributed by atoms with E-state index in [1.54, 1.807) is 16.9 Å². The van der Waals surface area contributed by atoms with Crippen LogP contribution in [0.15, 0.2) is 36.8 Å². The Morgan fingerprint density at radius 3 is 3.00 bits per heavy atom. The van der Waals surface area contributed by atoms with Gasteiger partial charge in [-0.2, -0.15) is 0 Å². The van der Waals surface area contributed by atoms with Gasteiger partial charge in [0.15, 0.2) is 11.3 Å². The van der Waals surface area contributed by atoms with E-state index in [-0.39, 0.29) is 0 Å². The van der Waals surface area contributed by atoms with E-state index in [0.717, 1.165) is 16.7 Å². The molecule has 3 heterocycles. The molecule has 0 aliphatic carbocycles. The highest BCUT2D eigenvalue weighted by Crippen LogP contribution is 2.13. The van der Waals surface area contributed by atoms with Crippen LogP contribution in [-0.4, -0.2) is 19.6 Å². The molecular weight excluding hydrogens is 164 g/mol. The highest BCUT2D eigenvalue weighted by atomic mass is 15.3. The number of hydrogen-bond donors (Lipinski definition) is 0. The van der Waals surface area contributed by atoms with Gasteiger partial charge in [-0.1, -0.05) is 0 Å². The van der Waals surface area contributed by atoms with Crippen LogP contribution in [-0.2, 0) is 0 Å². The Morgan fingerprint density at radius 2 is 2.00 bits per heavy atom. The Bertz CT molecular complexity index is 519. The monoisotopic (exact) mass is 170 g/mol. The lowest BCUT2D eigenvalue weighted by atomic mass is 10.3. The number of fused-ring (bicyclic) bond motifs is 3. The van der Waals surface area contributed by atoms with Gasteiger partial charge in [-0.15, -0.1) is 5.10 Å². The first-order valence-corrected chi connectivity index (χ1v) is 3.99. The third-order valence-corrected chi connectivity index (χ3v) is 1.96. The summed E-state index contributed by atoms with van der Waals surface area (Å²) >= 11 is 0. The largest absolute Gasteiger partial charge is 0.236 e. The van der Waals surface area contributed by atoms with Crippen molar-refractivity contribution in [2.75, 3.05) is 0 Å². The lowest BCUT2D eigenvalue weighted by Crippen LogP contribution is -1.86. The first kappa shape index (κ1) is 6.54. The number of pyridine rings is 1. The smallest absolute Gasteiger partial charge is 0.183 e. The summed E-state index contributed by atoms with van der Waals surface area (Å²) in [6.45, 7) is 0. The first-order chi connectivity index (χ1) is 6.45. The molecule has 3 rings (SSSR count). The highest BCUT2D eigenvalue weighted by molar-refractivity contribution is 5.89. The number of hydrogen-bond acceptors (Lipinski definition) is 3. The van der Waals surface area contributed by atoms with Crippen LogP contribution < -0.4 is 0 Å². The molecule has 3 aromatic heterocycles. The molecule has 62 valence electrons. The number of rotatable bonds is 0. The molecular formula is C9H6N4. The third-order valence-electron chi connectivity index (χ3n) is 1.96. The maximum Gasteiger partial charge on any atom is 0.183 e. The third kappa shape index (κ3) is 0.823. The molecule has 0 radical (unpaired) electrons. The molecule has 4 nitrogen and oxygen atoms in total. The van der Waals surface area contributed by atoms with Crippen LogP contribution in [0.4, 0.5) is 0 Å². The summed E-state index contributed by atoms with van der Waals surface area (Å²) < 4.78 is 1.73. The minimum absolute atomic E-state index is 0.737. The quantitative estimate of drug-likeness (QED) is 0.510. The van der Waals surface area contributed by atoms with Gasteiger partial charge in [0.1, 0.15) is 0 Å². The topological polar surface area (TPSA) is 43.1 Å². The summed E-state index contributed by atoms with van der Waals surface area (Å²) in [5, 5.41) is 5.25. The highest BCUT2D eigenvalue weighted by Gasteiger charge is 2.03. The van der Waals surface area contributed by atoms with Crippen molar-refractivity contribution in [1.29, 1.82) is 0 Å². The molecule has 0 aliphatic rings. The van der Waals surface area contributed by atoms with Gasteiger partial charge in [0.2, 0.25) is 0 Å². The lowest BCUT2D eigenvalue weighted by molar-refractivity contribution is 0.948. The summed E-state index contributed by atoms with van der Waals surface area (Å²) in [6, 6.07) is 5.70. The van der Waals surface area contributed by atoms with Crippen molar-refractivity contribution < 1.29 is 0 Å². The second-order valence-electron chi connectivity index (χ2n) is 2.76. The Balaban J connectivity index is 2.64. The molecule has 3 aromatic rings. The van der Waals surface area contributed by atoms with E-state index in [1.807, 2.05) is 24.4 Å². The molecule has 0 spiro atoms. The molecule has 0 unspecified atom stereocenters. The van der Waals surface area contributed by atoms with E-state index in [4.69, 9.17) is 0 Å². The van der Waals surface area contributed by atoms with E-state index in [0.29, 0.717) is 0 Å². The molecule has 0 fully saturated rings. The Kier molecular flexibility index (Phi) is 1.14. The maximum absolute atomic E-state index is 4.26. The van der Waals surface area contributed by atoms with Crippen LogP contribution in [0.25, 0.3) is 16.7 Å². The Labute approximate surface area is 73.9 Å². The van der Waals surface area contributed by atoms with E-state index in [2.05, 4.69) is 15.1 Å². The lowest BCUT2D eigenvalue weighted by Gasteiger charge is -1.87. The molecule has 0 amide bonds. The first-order valence-electron chi connectivity index (χ1n) is 3.99. The molecule has 4 heteroatoms. The number of nitrogens with zero attached hydrogens (tertiary/aromatic N) is 4. The summed E-state index contributed by atoms with van der Waals surface area (Å²) in [4.78, 5) is 8.38. The molecule has 0 N–H and O–H groups in total. The van der Waals surface area contributed by atoms with Crippen LogP contribution in [0.3, 0.4) is 0 Å². The summed E-state index contributed by atoms with van der Waals surface area (Å²) in [5.74, 6) is 0. The minimum atomic E-state index is 0.737. The van der Waals surface area contributed by atoms with E-state index >= 15 is 0 Å². The van der Waals surface area contributed by atoms with Crippen molar-refractivity contribution in [3.05, 3.63) is 36.8 Å². The van der Waals surface area contributed by atoms with E-state index < -0.39 is 0 Å². The van der Waals surface area contributed by atoms with Gasteiger partial charge in [0.05, 0.1) is 5.39 Å². The fourth-order valence-electron chi connectivity index (χ4n) is 1.39. The Morgan fingerprint density at radius 1 is 1.08 bits per heavy atom. The van der Waals surface area contributed by atoms with Crippen molar-refractivity contribution in [2.45, 2.75) is 0 Å². The molecule has 0 aromatic carbocycles. The van der Waals surface area contributed by atoms with Crippen molar-refractivity contribution in [3.63, 3.8) is 0 Å². The molecule has 0 aliphatic heterocycles. The Hall–Kier alpha value is -1.97. The second-order valence-corrected chi connectivity index (χ2v) is 2.76. The molecule has 13 heavy (non-hydrogen) atoms. The summed E-state index contributed by atoms with van der Waals surface area (Å²) in [7, 11) is 0. The SMILES string of the molecule is c1cnc2nn3cccnc3c2c1. The van der Waals surface area contributed by atoms with Gasteiger partial charge in [0.25, 0.3) is 0 Å². The van der Waals surface area contributed by atoms with Gasteiger partial charge >= 0.3 is 0 Å². The van der Waals surface area contributed by atoms with Crippen LogP contribution in [0.1, 0.15) is 0 Å². The van der Waals surface area contributed by atoms with E-state index in [9.17, 15) is 0 Å². The van der Waals surface area contributed by atoms with Gasteiger partial charge in [-0.3, -0.25) is 0 Å². The van der Waals surface area contributed by atoms with Crippen molar-refractivity contribution >= 4 is 16.7 Å². The van der Waals surface area contributed by atoms with Crippen LogP contribution in [0, 0.1) is 0 Å². The van der Waals surface area contributed by atoms with Crippen LogP contribution in [0.5, 0.6) is 0 Å². The zero-order chi connectivity index (χ0) is 8.67. The van der Waals surface area contributed by atoms with Crippen LogP contribution in [0.2, 0.25) is 0 Å². The average Bonchev–Trinajstić information content (AvgIpc) is 2.56. The molecule has 0 atom stereocenters. The van der Waals surface area contributed by atoms with Gasteiger partial charge < -0.3 is 0 Å². The summed E-state index contributed by atoms with van der Waals surface area (Å²) in [6.07, 6.45) is 5.35. The minimum Gasteiger partial charge on any atom is -0.236 e. The zero-order valence-electron chi connectivity index (χ0n) is 6.75. The van der Waals surface area contributed by atoms with Gasteiger partial charge in [0, 0.05) is 18.6 Å². The predicted molar refractivity (Wildman–Crippen MR) is 48.3 cm³/mol. The fraction of sp³-hybridized carbons (Fsp3) is 0. The molecule has 0 saturated carbocycles. The van der Waals surface area contributed by atoms with Crippen molar-refractivity contribution in [3.8, 4) is 0 Å². The summed E-state index contributed by atoms with van der Waals surface area (Å²) in [5.41, 5.74) is 1.59. The molecule has 0 saturated heterocycles. The zero-order valence-corrected chi connectivity index (χ0v) is 6.75. The maximum atomic E-state index is 4.26. The van der Waals surface area contributed by atoms with E-state index in [1.165, 1.54) is 0 Å². The predicted octanol–water partition coefficient (Wildman–Crippen LogP) is 1.28. The van der Waals surface area contributed by atoms with Crippen molar-refractivity contribution in [2.24, 2.45) is 0 Å². The van der Waals surface area contributed by atoms with Crippen molar-refractivity contribution in [1.82, 2.24) is 19.6 Å². The van der Waals surface area contributed by atoms with Crippen LogP contribution >= 0.6 is 0 Å². The van der Waals surface area contributed by atoms with Gasteiger partial charge in [-0.25, -0.2) is 14.5 Å². The standard InChI is InChI=1S/C9H6N4/c1-3-7-8(10-4-1)12-13-6-2-5-11-9(7)13/h1-6H.